The van der Waals surface area contributed by atoms with E-state index in [4.69, 9.17) is 27.9 Å². The number of amides is 1. The quantitative estimate of drug-likeness (QED) is 0.823. The number of ether oxygens (including phenoxy) is 1. The first-order chi connectivity index (χ1) is 12.0. The molecule has 1 fully saturated rings. The maximum Gasteiger partial charge on any atom is 0.253 e. The standard InChI is InChI=1S/C17H16Cl2FN3O2/c18-13-8-14(19)15(20)7-12(13)17(24)22-10-11-1-2-16(21-9-11)23-3-5-25-6-4-23/h1-2,7-9H,3-6,10H2,(H,22,24). The Morgan fingerprint density at radius 3 is 2.68 bits per heavy atom. The van der Waals surface area contributed by atoms with Crippen molar-refractivity contribution in [2.45, 2.75) is 6.54 Å². The molecule has 2 heterocycles. The molecule has 0 saturated carbocycles. The Labute approximate surface area is 154 Å². The Kier molecular flexibility index (Phi) is 5.73. The van der Waals surface area contributed by atoms with Crippen LogP contribution in [0.2, 0.25) is 10.0 Å². The van der Waals surface area contributed by atoms with Crippen molar-refractivity contribution in [2.24, 2.45) is 0 Å². The van der Waals surface area contributed by atoms with Crippen LogP contribution in [0, 0.1) is 5.82 Å². The normalized spacial score (nSPS) is 14.4. The lowest BCUT2D eigenvalue weighted by molar-refractivity contribution is 0.0950. The Bertz CT molecular complexity index is 765. The second-order valence-corrected chi connectivity index (χ2v) is 6.37. The Morgan fingerprint density at radius 2 is 2.00 bits per heavy atom. The zero-order chi connectivity index (χ0) is 17.8. The number of carbonyl (C=O) groups excluding carboxylic acids is 1. The highest BCUT2D eigenvalue weighted by Crippen LogP contribution is 2.24. The van der Waals surface area contributed by atoms with E-state index in [1.807, 2.05) is 12.1 Å². The van der Waals surface area contributed by atoms with Crippen LogP contribution in [0.3, 0.4) is 0 Å². The number of carbonyl (C=O) groups is 1. The number of hydrogen-bond donors (Lipinski definition) is 1. The molecule has 25 heavy (non-hydrogen) atoms. The van der Waals surface area contributed by atoms with Crippen LogP contribution in [0.25, 0.3) is 0 Å². The fourth-order valence-electron chi connectivity index (χ4n) is 2.47. The molecule has 2 aromatic rings. The van der Waals surface area contributed by atoms with E-state index in [0.717, 1.165) is 30.5 Å². The maximum atomic E-state index is 13.5. The van der Waals surface area contributed by atoms with Crippen molar-refractivity contribution in [2.75, 3.05) is 31.2 Å². The van der Waals surface area contributed by atoms with Gasteiger partial charge in [0.05, 0.1) is 28.8 Å². The smallest absolute Gasteiger partial charge is 0.253 e. The van der Waals surface area contributed by atoms with Crippen LogP contribution in [-0.2, 0) is 11.3 Å². The van der Waals surface area contributed by atoms with Gasteiger partial charge in [-0.25, -0.2) is 9.37 Å². The monoisotopic (exact) mass is 383 g/mol. The van der Waals surface area contributed by atoms with E-state index in [1.54, 1.807) is 6.20 Å². The largest absolute Gasteiger partial charge is 0.378 e. The number of aromatic nitrogens is 1. The molecule has 0 spiro atoms. The second-order valence-electron chi connectivity index (χ2n) is 5.55. The molecular formula is C17H16Cl2FN3O2. The molecule has 0 unspecified atom stereocenters. The number of benzene rings is 1. The lowest BCUT2D eigenvalue weighted by atomic mass is 10.2. The van der Waals surface area contributed by atoms with E-state index in [-0.39, 0.29) is 22.2 Å². The number of halogens is 3. The van der Waals surface area contributed by atoms with Crippen LogP contribution in [0.4, 0.5) is 10.2 Å². The number of pyridine rings is 1. The molecule has 1 aromatic heterocycles. The summed E-state index contributed by atoms with van der Waals surface area (Å²) in [5, 5.41) is 2.68. The van der Waals surface area contributed by atoms with Gasteiger partial charge in [-0.05, 0) is 23.8 Å². The molecule has 5 nitrogen and oxygen atoms in total. The molecule has 1 aliphatic rings. The minimum absolute atomic E-state index is 0.0430. The zero-order valence-corrected chi connectivity index (χ0v) is 14.8. The molecule has 0 aliphatic carbocycles. The SMILES string of the molecule is O=C(NCc1ccc(N2CCOCC2)nc1)c1cc(F)c(Cl)cc1Cl. The molecule has 132 valence electrons. The number of hydrogen-bond acceptors (Lipinski definition) is 4. The minimum Gasteiger partial charge on any atom is -0.378 e. The van der Waals surface area contributed by atoms with Crippen molar-refractivity contribution in [3.63, 3.8) is 0 Å². The molecule has 1 saturated heterocycles. The summed E-state index contributed by atoms with van der Waals surface area (Å²) < 4.78 is 18.8. The van der Waals surface area contributed by atoms with E-state index >= 15 is 0 Å². The van der Waals surface area contributed by atoms with Gasteiger partial charge in [-0.15, -0.1) is 0 Å². The van der Waals surface area contributed by atoms with Crippen molar-refractivity contribution in [3.05, 3.63) is 57.5 Å². The van der Waals surface area contributed by atoms with Crippen LogP contribution in [-0.4, -0.2) is 37.2 Å². The van der Waals surface area contributed by atoms with Crippen LogP contribution < -0.4 is 10.2 Å². The van der Waals surface area contributed by atoms with Gasteiger partial charge in [0.15, 0.2) is 0 Å². The van der Waals surface area contributed by atoms with E-state index in [9.17, 15) is 9.18 Å². The molecule has 0 radical (unpaired) electrons. The molecular weight excluding hydrogens is 368 g/mol. The van der Waals surface area contributed by atoms with E-state index < -0.39 is 11.7 Å². The van der Waals surface area contributed by atoms with E-state index in [2.05, 4.69) is 15.2 Å². The Hall–Kier alpha value is -1.89. The Balaban J connectivity index is 1.61. The average Bonchev–Trinajstić information content (AvgIpc) is 2.64. The fraction of sp³-hybridized carbons (Fsp3) is 0.294. The third-order valence-corrected chi connectivity index (χ3v) is 4.45. The number of anilines is 1. The first-order valence-electron chi connectivity index (χ1n) is 7.75. The predicted octanol–water partition coefficient (Wildman–Crippen LogP) is 3.29. The van der Waals surface area contributed by atoms with E-state index in [1.165, 1.54) is 6.07 Å². The highest BCUT2D eigenvalue weighted by atomic mass is 35.5. The van der Waals surface area contributed by atoms with Crippen LogP contribution in [0.15, 0.2) is 30.5 Å². The summed E-state index contributed by atoms with van der Waals surface area (Å²) in [6.45, 7) is 3.26. The number of morpholine rings is 1. The van der Waals surface area contributed by atoms with Gasteiger partial charge in [0.25, 0.3) is 5.91 Å². The summed E-state index contributed by atoms with van der Waals surface area (Å²) in [5.74, 6) is -0.285. The second kappa shape index (κ2) is 7.99. The average molecular weight is 384 g/mol. The summed E-state index contributed by atoms with van der Waals surface area (Å²) in [6, 6.07) is 6.04. The van der Waals surface area contributed by atoms with Crippen molar-refractivity contribution in [3.8, 4) is 0 Å². The van der Waals surface area contributed by atoms with Gasteiger partial charge in [0.2, 0.25) is 0 Å². The van der Waals surface area contributed by atoms with Gasteiger partial charge in [0, 0.05) is 25.8 Å². The minimum atomic E-state index is -0.687. The summed E-state index contributed by atoms with van der Waals surface area (Å²) in [5.41, 5.74) is 0.873. The molecule has 1 amide bonds. The lowest BCUT2D eigenvalue weighted by Gasteiger charge is -2.27. The van der Waals surface area contributed by atoms with Gasteiger partial charge in [0.1, 0.15) is 11.6 Å². The van der Waals surface area contributed by atoms with Crippen molar-refractivity contribution in [1.82, 2.24) is 10.3 Å². The third kappa shape index (κ3) is 4.39. The molecule has 1 aliphatic heterocycles. The third-order valence-electron chi connectivity index (χ3n) is 3.85. The van der Waals surface area contributed by atoms with Crippen molar-refractivity contribution >= 4 is 34.9 Å². The molecule has 1 N–H and O–H groups in total. The van der Waals surface area contributed by atoms with Crippen LogP contribution in [0.5, 0.6) is 0 Å². The predicted molar refractivity (Wildman–Crippen MR) is 94.9 cm³/mol. The first kappa shape index (κ1) is 17.9. The zero-order valence-electron chi connectivity index (χ0n) is 13.3. The van der Waals surface area contributed by atoms with Crippen LogP contribution in [0.1, 0.15) is 15.9 Å². The van der Waals surface area contributed by atoms with Gasteiger partial charge in [-0.1, -0.05) is 29.3 Å². The summed E-state index contributed by atoms with van der Waals surface area (Å²) in [4.78, 5) is 18.7. The fourth-order valence-corrected chi connectivity index (χ4v) is 2.94. The molecule has 8 heteroatoms. The van der Waals surface area contributed by atoms with Crippen molar-refractivity contribution < 1.29 is 13.9 Å². The molecule has 0 bridgehead atoms. The lowest BCUT2D eigenvalue weighted by Crippen LogP contribution is -2.36. The highest BCUT2D eigenvalue weighted by Gasteiger charge is 2.15. The number of rotatable bonds is 4. The van der Waals surface area contributed by atoms with Gasteiger partial charge in [-0.3, -0.25) is 4.79 Å². The highest BCUT2D eigenvalue weighted by molar-refractivity contribution is 6.36. The Morgan fingerprint density at radius 1 is 1.24 bits per heavy atom. The topological polar surface area (TPSA) is 54.5 Å². The summed E-state index contributed by atoms with van der Waals surface area (Å²) in [6.07, 6.45) is 1.70. The van der Waals surface area contributed by atoms with E-state index in [0.29, 0.717) is 13.2 Å². The van der Waals surface area contributed by atoms with Gasteiger partial charge in [-0.2, -0.15) is 0 Å². The number of nitrogens with zero attached hydrogens (tertiary/aromatic N) is 2. The molecule has 3 rings (SSSR count). The van der Waals surface area contributed by atoms with Gasteiger partial charge < -0.3 is 15.0 Å². The van der Waals surface area contributed by atoms with Crippen LogP contribution >= 0.6 is 23.2 Å². The number of nitrogens with one attached hydrogen (secondary N) is 1. The molecule has 0 atom stereocenters. The summed E-state index contributed by atoms with van der Waals surface area (Å²) >= 11 is 11.6. The summed E-state index contributed by atoms with van der Waals surface area (Å²) in [7, 11) is 0. The molecule has 1 aromatic carbocycles. The first-order valence-corrected chi connectivity index (χ1v) is 8.50. The van der Waals surface area contributed by atoms with Gasteiger partial charge >= 0.3 is 0 Å². The van der Waals surface area contributed by atoms with Crippen molar-refractivity contribution in [1.29, 1.82) is 0 Å². The maximum absolute atomic E-state index is 13.5.